The summed E-state index contributed by atoms with van der Waals surface area (Å²) in [5, 5.41) is 11.8. The molecule has 1 heterocycles. The van der Waals surface area contributed by atoms with Crippen molar-refractivity contribution in [1.29, 1.82) is 0 Å². The number of rotatable bonds is 6. The fraction of sp³-hybridized carbons (Fsp3) is 0.429. The number of carbonyl (C=O) groups is 1. The van der Waals surface area contributed by atoms with Crippen molar-refractivity contribution in [2.45, 2.75) is 50.4 Å². The van der Waals surface area contributed by atoms with E-state index in [1.165, 1.54) is 6.42 Å². The summed E-state index contributed by atoms with van der Waals surface area (Å²) in [7, 11) is 0. The molecule has 3 nitrogen and oxygen atoms in total. The predicted molar refractivity (Wildman–Crippen MR) is 92.3 cm³/mol. The molecule has 0 bridgehead atoms. The number of benzene rings is 1. The van der Waals surface area contributed by atoms with E-state index >= 15 is 0 Å². The Kier molecular flexibility index (Phi) is 7.29. The molecule has 0 N–H and O–H groups in total. The van der Waals surface area contributed by atoms with Gasteiger partial charge in [0.05, 0.1) is 0 Å². The van der Waals surface area contributed by atoms with Gasteiger partial charge in [0.2, 0.25) is 0 Å². The van der Waals surface area contributed by atoms with Gasteiger partial charge in [0, 0.05) is 29.2 Å². The Balaban J connectivity index is 0.00000225. The van der Waals surface area contributed by atoms with Gasteiger partial charge in [-0.2, -0.15) is 0 Å². The first kappa shape index (κ1) is 19.8. The zero-order valence-corrected chi connectivity index (χ0v) is 15.0. The Labute approximate surface area is 162 Å². The normalized spacial score (nSPS) is 17.3. The summed E-state index contributed by atoms with van der Waals surface area (Å²) >= 11 is 0. The summed E-state index contributed by atoms with van der Waals surface area (Å²) in [6.45, 7) is 0. The van der Waals surface area contributed by atoms with E-state index in [0.29, 0.717) is 12.8 Å². The average Bonchev–Trinajstić information content (AvgIpc) is 2.63. The molecule has 0 aliphatic heterocycles. The quantitative estimate of drug-likeness (QED) is 0.716. The molecule has 25 heavy (non-hydrogen) atoms. The summed E-state index contributed by atoms with van der Waals surface area (Å²) in [6.07, 6.45) is 8.49. The van der Waals surface area contributed by atoms with Gasteiger partial charge in [-0.15, -0.1) is 0 Å². The Hall–Kier alpha value is -1.56. The number of aromatic nitrogens is 1. The van der Waals surface area contributed by atoms with Crippen molar-refractivity contribution < 1.29 is 28.8 Å². The Morgan fingerprint density at radius 3 is 2.32 bits per heavy atom. The van der Waals surface area contributed by atoms with Gasteiger partial charge in [-0.1, -0.05) is 55.7 Å². The summed E-state index contributed by atoms with van der Waals surface area (Å²) in [4.78, 5) is 16.4. The SMILES string of the molecule is O=C([O-])C(Cc1ccccc1)CC1(c2ccccn2)CCCCC1.[Li+]. The monoisotopic (exact) mass is 329 g/mol. The first-order valence-electron chi connectivity index (χ1n) is 8.86. The van der Waals surface area contributed by atoms with Gasteiger partial charge >= 0.3 is 18.9 Å². The van der Waals surface area contributed by atoms with Crippen molar-refractivity contribution in [3.63, 3.8) is 0 Å². The molecule has 0 saturated heterocycles. The van der Waals surface area contributed by atoms with E-state index < -0.39 is 11.9 Å². The van der Waals surface area contributed by atoms with E-state index in [-0.39, 0.29) is 24.3 Å². The Bertz CT molecular complexity index is 654. The summed E-state index contributed by atoms with van der Waals surface area (Å²) in [6, 6.07) is 15.8. The molecular formula is C21H24LiNO2. The molecular weight excluding hydrogens is 305 g/mol. The predicted octanol–water partition coefficient (Wildman–Crippen LogP) is 0.286. The molecule has 1 unspecified atom stereocenters. The van der Waals surface area contributed by atoms with E-state index in [4.69, 9.17) is 0 Å². The van der Waals surface area contributed by atoms with Crippen LogP contribution in [0, 0.1) is 5.92 Å². The molecule has 1 saturated carbocycles. The smallest absolute Gasteiger partial charge is 0.550 e. The molecule has 1 aromatic heterocycles. The number of hydrogen-bond acceptors (Lipinski definition) is 3. The van der Waals surface area contributed by atoms with Crippen molar-refractivity contribution in [3.05, 3.63) is 66.0 Å². The minimum absolute atomic E-state index is 0. The summed E-state index contributed by atoms with van der Waals surface area (Å²) in [5.74, 6) is -1.42. The van der Waals surface area contributed by atoms with Crippen molar-refractivity contribution in [2.75, 3.05) is 0 Å². The van der Waals surface area contributed by atoms with Crippen molar-refractivity contribution >= 4 is 5.97 Å². The molecule has 3 rings (SSSR count). The molecule has 1 atom stereocenters. The molecule has 0 amide bonds. The molecule has 4 heteroatoms. The number of pyridine rings is 1. The molecule has 0 radical (unpaired) electrons. The molecule has 0 spiro atoms. The second-order valence-electron chi connectivity index (χ2n) is 6.97. The number of hydrogen-bond donors (Lipinski definition) is 0. The first-order valence-corrected chi connectivity index (χ1v) is 8.86. The van der Waals surface area contributed by atoms with Crippen LogP contribution in [0.2, 0.25) is 0 Å². The third-order valence-electron chi connectivity index (χ3n) is 5.31. The van der Waals surface area contributed by atoms with Gasteiger partial charge in [0.25, 0.3) is 0 Å². The van der Waals surface area contributed by atoms with Crippen molar-refractivity contribution in [1.82, 2.24) is 4.98 Å². The first-order chi connectivity index (χ1) is 11.7. The van der Waals surface area contributed by atoms with E-state index in [1.807, 2.05) is 48.7 Å². The number of carboxylic acids is 1. The zero-order chi connectivity index (χ0) is 16.8. The average molecular weight is 329 g/mol. The van der Waals surface area contributed by atoms with E-state index in [0.717, 1.165) is 36.9 Å². The van der Waals surface area contributed by atoms with Gasteiger partial charge in [0.15, 0.2) is 0 Å². The maximum Gasteiger partial charge on any atom is 1.00 e. The van der Waals surface area contributed by atoms with Crippen LogP contribution < -0.4 is 24.0 Å². The molecule has 1 aromatic carbocycles. The minimum atomic E-state index is -0.945. The van der Waals surface area contributed by atoms with Crippen molar-refractivity contribution in [3.8, 4) is 0 Å². The van der Waals surface area contributed by atoms with Crippen LogP contribution in [-0.4, -0.2) is 11.0 Å². The molecule has 2 aromatic rings. The standard InChI is InChI=1S/C21H25NO2.Li/c23-20(24)18(15-17-9-3-1-4-10-17)16-21(12-6-2-7-13-21)19-11-5-8-14-22-19;/h1,3-5,8-11,14,18H,2,6-7,12-13,15-16H2,(H,23,24);/q;+1/p-1. The topological polar surface area (TPSA) is 53.0 Å². The largest absolute Gasteiger partial charge is 1.00 e. The van der Waals surface area contributed by atoms with Gasteiger partial charge < -0.3 is 9.90 Å². The number of nitrogens with zero attached hydrogens (tertiary/aromatic N) is 1. The van der Waals surface area contributed by atoms with Crippen LogP contribution in [-0.2, 0) is 16.6 Å². The summed E-state index contributed by atoms with van der Waals surface area (Å²) in [5.41, 5.74) is 1.97. The Morgan fingerprint density at radius 1 is 1.04 bits per heavy atom. The van der Waals surface area contributed by atoms with Crippen LogP contribution in [0.25, 0.3) is 0 Å². The van der Waals surface area contributed by atoms with Gasteiger partial charge in [-0.05, 0) is 43.4 Å². The van der Waals surface area contributed by atoms with Crippen LogP contribution in [0.5, 0.6) is 0 Å². The van der Waals surface area contributed by atoms with Crippen LogP contribution in [0.3, 0.4) is 0 Å². The number of aliphatic carboxylic acids is 1. The summed E-state index contributed by atoms with van der Waals surface area (Å²) < 4.78 is 0. The van der Waals surface area contributed by atoms with E-state index in [9.17, 15) is 9.90 Å². The van der Waals surface area contributed by atoms with Crippen LogP contribution >= 0.6 is 0 Å². The molecule has 1 aliphatic rings. The van der Waals surface area contributed by atoms with Gasteiger partial charge in [-0.3, -0.25) is 4.98 Å². The molecule has 1 fully saturated rings. The fourth-order valence-electron chi connectivity index (χ4n) is 4.08. The fourth-order valence-corrected chi connectivity index (χ4v) is 4.08. The van der Waals surface area contributed by atoms with Crippen LogP contribution in [0.4, 0.5) is 0 Å². The zero-order valence-electron chi connectivity index (χ0n) is 15.0. The maximum absolute atomic E-state index is 11.8. The van der Waals surface area contributed by atoms with Crippen LogP contribution in [0.1, 0.15) is 49.8 Å². The molecule has 126 valence electrons. The second-order valence-corrected chi connectivity index (χ2v) is 6.97. The minimum Gasteiger partial charge on any atom is -0.550 e. The van der Waals surface area contributed by atoms with Gasteiger partial charge in [0.1, 0.15) is 0 Å². The Morgan fingerprint density at radius 2 is 1.72 bits per heavy atom. The number of carboxylic acid groups (broad SMARTS) is 1. The third-order valence-corrected chi connectivity index (χ3v) is 5.31. The van der Waals surface area contributed by atoms with Crippen LogP contribution in [0.15, 0.2) is 54.7 Å². The number of carbonyl (C=O) groups excluding carboxylic acids is 1. The van der Waals surface area contributed by atoms with Gasteiger partial charge in [-0.25, -0.2) is 0 Å². The van der Waals surface area contributed by atoms with E-state index in [2.05, 4.69) is 11.1 Å². The third kappa shape index (κ3) is 4.97. The molecule has 1 aliphatic carbocycles. The maximum atomic E-state index is 11.8. The van der Waals surface area contributed by atoms with E-state index in [1.54, 1.807) is 0 Å². The second kappa shape index (κ2) is 9.22. The van der Waals surface area contributed by atoms with Crippen molar-refractivity contribution in [2.24, 2.45) is 5.92 Å².